The number of hydrogen-bond acceptors (Lipinski definition) is 3. The van der Waals surface area contributed by atoms with Crippen LogP contribution in [0.1, 0.15) is 38.8 Å². The quantitative estimate of drug-likeness (QED) is 0.844. The van der Waals surface area contributed by atoms with Crippen molar-refractivity contribution >= 4 is 12.0 Å². The smallest absolute Gasteiger partial charge is 0.244 e. The van der Waals surface area contributed by atoms with E-state index in [-0.39, 0.29) is 23.7 Å². The fraction of sp³-hybridized carbons (Fsp3) is 0.550. The number of hydrogen-bond donors (Lipinski definition) is 1. The van der Waals surface area contributed by atoms with Gasteiger partial charge >= 0.3 is 0 Å². The summed E-state index contributed by atoms with van der Waals surface area (Å²) in [5.41, 5.74) is 2.13. The summed E-state index contributed by atoms with van der Waals surface area (Å²) in [5.74, 6) is -0.0565. The van der Waals surface area contributed by atoms with Gasteiger partial charge in [-0.1, -0.05) is 29.8 Å². The van der Waals surface area contributed by atoms with Crippen LogP contribution in [-0.4, -0.2) is 48.2 Å². The van der Waals surface area contributed by atoms with Crippen molar-refractivity contribution in [1.29, 1.82) is 0 Å². The van der Waals surface area contributed by atoms with Gasteiger partial charge in [0.2, 0.25) is 5.91 Å². The van der Waals surface area contributed by atoms with E-state index in [9.17, 15) is 4.79 Å². The van der Waals surface area contributed by atoms with E-state index >= 15 is 0 Å². The second kappa shape index (κ2) is 7.95. The van der Waals surface area contributed by atoms with E-state index in [1.165, 1.54) is 5.56 Å². The van der Waals surface area contributed by atoms with Gasteiger partial charge in [-0.05, 0) is 46.3 Å². The van der Waals surface area contributed by atoms with Crippen LogP contribution in [0.15, 0.2) is 30.3 Å². The molecule has 0 saturated carbocycles. The van der Waals surface area contributed by atoms with Gasteiger partial charge in [0.25, 0.3) is 0 Å². The highest BCUT2D eigenvalue weighted by Crippen LogP contribution is 2.20. The molecule has 0 bridgehead atoms. The van der Waals surface area contributed by atoms with Crippen LogP contribution in [0.5, 0.6) is 0 Å². The molecule has 2 rings (SSSR count). The molecule has 1 amide bonds. The molecule has 24 heavy (non-hydrogen) atoms. The Kier molecular flexibility index (Phi) is 6.19. The first-order chi connectivity index (χ1) is 11.3. The molecule has 2 atom stereocenters. The topological polar surface area (TPSA) is 41.6 Å². The molecule has 1 saturated heterocycles. The highest BCUT2D eigenvalue weighted by Gasteiger charge is 2.33. The van der Waals surface area contributed by atoms with E-state index < -0.39 is 0 Å². The molecule has 132 valence electrons. The van der Waals surface area contributed by atoms with Gasteiger partial charge in [-0.25, -0.2) is 0 Å². The summed E-state index contributed by atoms with van der Waals surface area (Å²) < 4.78 is 5.79. The Balaban J connectivity index is 1.88. The largest absolute Gasteiger partial charge is 0.373 e. The zero-order valence-corrected chi connectivity index (χ0v) is 15.5. The van der Waals surface area contributed by atoms with Crippen LogP contribution in [0.25, 0.3) is 6.08 Å². The zero-order valence-electron chi connectivity index (χ0n) is 15.5. The molecule has 1 aliphatic rings. The van der Waals surface area contributed by atoms with E-state index in [1.807, 2.05) is 31.2 Å². The second-order valence-corrected chi connectivity index (χ2v) is 7.44. The highest BCUT2D eigenvalue weighted by atomic mass is 16.5. The van der Waals surface area contributed by atoms with Crippen molar-refractivity contribution in [3.63, 3.8) is 0 Å². The number of amides is 1. The van der Waals surface area contributed by atoms with Gasteiger partial charge < -0.3 is 10.1 Å². The summed E-state index contributed by atoms with van der Waals surface area (Å²) in [6, 6.07) is 8.10. The number of carbonyl (C=O) groups is 1. The van der Waals surface area contributed by atoms with Crippen molar-refractivity contribution in [2.75, 3.05) is 19.6 Å². The summed E-state index contributed by atoms with van der Waals surface area (Å²) >= 11 is 0. The maximum absolute atomic E-state index is 12.1. The first kappa shape index (κ1) is 18.7. The van der Waals surface area contributed by atoms with Crippen LogP contribution < -0.4 is 5.32 Å². The molecule has 1 N–H and O–H groups in total. The van der Waals surface area contributed by atoms with E-state index in [0.29, 0.717) is 6.54 Å². The lowest BCUT2D eigenvalue weighted by atomic mass is 10.00. The molecule has 0 aromatic heterocycles. The van der Waals surface area contributed by atoms with Gasteiger partial charge in [0.15, 0.2) is 0 Å². The average molecular weight is 330 g/mol. The van der Waals surface area contributed by atoms with E-state index in [2.05, 4.69) is 44.0 Å². The predicted molar refractivity (Wildman–Crippen MR) is 98.9 cm³/mol. The number of benzene rings is 1. The molecule has 0 radical (unpaired) electrons. The molecular formula is C20H30N2O2. The van der Waals surface area contributed by atoms with Gasteiger partial charge in [0.05, 0.1) is 12.2 Å². The Bertz CT molecular complexity index is 585. The van der Waals surface area contributed by atoms with Gasteiger partial charge in [0, 0.05) is 31.2 Å². The molecule has 1 aliphatic heterocycles. The fourth-order valence-corrected chi connectivity index (χ4v) is 3.09. The number of nitrogens with zero attached hydrogens (tertiary/aromatic N) is 1. The lowest BCUT2D eigenvalue weighted by Gasteiger charge is -2.45. The standard InChI is InChI=1S/C20H30N2O2/c1-15-7-6-8-18(11-15)9-10-19(23)21-14-20(4,5)22-12-16(2)24-17(3)13-22/h6-11,16-17H,12-14H2,1-5H3,(H,21,23)/b10-9+. The minimum absolute atomic E-state index is 0.0565. The molecule has 2 unspecified atom stereocenters. The first-order valence-corrected chi connectivity index (χ1v) is 8.69. The summed E-state index contributed by atoms with van der Waals surface area (Å²) in [4.78, 5) is 14.5. The average Bonchev–Trinajstić information content (AvgIpc) is 2.50. The predicted octanol–water partition coefficient (Wildman–Crippen LogP) is 3.01. The van der Waals surface area contributed by atoms with E-state index in [4.69, 9.17) is 4.74 Å². The van der Waals surface area contributed by atoms with Crippen molar-refractivity contribution in [3.8, 4) is 0 Å². The van der Waals surface area contributed by atoms with Crippen LogP contribution in [0.3, 0.4) is 0 Å². The molecule has 4 nitrogen and oxygen atoms in total. The third kappa shape index (κ3) is 5.46. The molecule has 4 heteroatoms. The Morgan fingerprint density at radius 3 is 2.62 bits per heavy atom. The van der Waals surface area contributed by atoms with Crippen molar-refractivity contribution < 1.29 is 9.53 Å². The minimum Gasteiger partial charge on any atom is -0.373 e. The van der Waals surface area contributed by atoms with Gasteiger partial charge in [-0.2, -0.15) is 0 Å². The van der Waals surface area contributed by atoms with Gasteiger partial charge in [0.1, 0.15) is 0 Å². The van der Waals surface area contributed by atoms with Crippen molar-refractivity contribution in [2.45, 2.75) is 52.4 Å². The van der Waals surface area contributed by atoms with Gasteiger partial charge in [-0.15, -0.1) is 0 Å². The van der Waals surface area contributed by atoms with Crippen molar-refractivity contribution in [3.05, 3.63) is 41.5 Å². The molecule has 1 fully saturated rings. The molecule has 1 aromatic rings. The Morgan fingerprint density at radius 2 is 2.00 bits per heavy atom. The number of carbonyl (C=O) groups excluding carboxylic acids is 1. The molecule has 1 heterocycles. The second-order valence-electron chi connectivity index (χ2n) is 7.44. The fourth-order valence-electron chi connectivity index (χ4n) is 3.09. The maximum Gasteiger partial charge on any atom is 0.244 e. The summed E-state index contributed by atoms with van der Waals surface area (Å²) in [7, 11) is 0. The van der Waals surface area contributed by atoms with E-state index in [0.717, 1.165) is 18.7 Å². The lowest BCUT2D eigenvalue weighted by Crippen LogP contribution is -2.58. The SMILES string of the molecule is Cc1cccc(/C=C/C(=O)NCC(C)(C)N2CC(C)OC(C)C2)c1. The lowest BCUT2D eigenvalue weighted by molar-refractivity contribution is -0.118. The molecule has 1 aromatic carbocycles. The normalized spacial score (nSPS) is 22.7. The van der Waals surface area contributed by atoms with Crippen molar-refractivity contribution in [1.82, 2.24) is 10.2 Å². The summed E-state index contributed by atoms with van der Waals surface area (Å²) in [5, 5.41) is 3.03. The molecular weight excluding hydrogens is 300 g/mol. The number of morpholine rings is 1. The minimum atomic E-state index is -0.0981. The van der Waals surface area contributed by atoms with Crippen LogP contribution in [0.4, 0.5) is 0 Å². The van der Waals surface area contributed by atoms with Crippen molar-refractivity contribution in [2.24, 2.45) is 0 Å². The van der Waals surface area contributed by atoms with E-state index in [1.54, 1.807) is 6.08 Å². The third-order valence-corrected chi connectivity index (χ3v) is 4.44. The Labute approximate surface area is 145 Å². The highest BCUT2D eigenvalue weighted by molar-refractivity contribution is 5.91. The Morgan fingerprint density at radius 1 is 1.33 bits per heavy atom. The monoisotopic (exact) mass is 330 g/mol. The number of aryl methyl sites for hydroxylation is 1. The number of rotatable bonds is 5. The number of nitrogens with one attached hydrogen (secondary N) is 1. The summed E-state index contributed by atoms with van der Waals surface area (Å²) in [6.45, 7) is 13.0. The molecule has 0 spiro atoms. The number of ether oxygens (including phenoxy) is 1. The first-order valence-electron chi connectivity index (χ1n) is 8.69. The Hall–Kier alpha value is -1.65. The van der Waals surface area contributed by atoms with Gasteiger partial charge in [-0.3, -0.25) is 9.69 Å². The zero-order chi connectivity index (χ0) is 17.7. The maximum atomic E-state index is 12.1. The summed E-state index contributed by atoms with van der Waals surface area (Å²) in [6.07, 6.45) is 3.92. The van der Waals surface area contributed by atoms with Crippen LogP contribution in [-0.2, 0) is 9.53 Å². The van der Waals surface area contributed by atoms with Crippen LogP contribution >= 0.6 is 0 Å². The van der Waals surface area contributed by atoms with Crippen LogP contribution in [0, 0.1) is 6.92 Å². The molecule has 0 aliphatic carbocycles. The third-order valence-electron chi connectivity index (χ3n) is 4.44. The van der Waals surface area contributed by atoms with Crippen LogP contribution in [0.2, 0.25) is 0 Å².